The minimum Gasteiger partial charge on any atom is -0.382 e. The van der Waals surface area contributed by atoms with E-state index in [1.807, 2.05) is 23.0 Å². The van der Waals surface area contributed by atoms with E-state index >= 15 is 0 Å². The van der Waals surface area contributed by atoms with Gasteiger partial charge in [0, 0.05) is 41.2 Å². The second kappa shape index (κ2) is 7.76. The van der Waals surface area contributed by atoms with E-state index in [1.165, 1.54) is 10.1 Å². The number of nitrogen functional groups attached to an aromatic ring is 1. The molecule has 5 heterocycles. The smallest absolute Gasteiger partial charge is 0.346 e. The van der Waals surface area contributed by atoms with Crippen molar-refractivity contribution in [2.75, 3.05) is 25.9 Å². The van der Waals surface area contributed by atoms with Crippen molar-refractivity contribution >= 4 is 50.0 Å². The molecule has 1 fully saturated rings. The molecule has 1 saturated heterocycles. The van der Waals surface area contributed by atoms with E-state index in [2.05, 4.69) is 46.8 Å². The van der Waals surface area contributed by atoms with Gasteiger partial charge in [-0.05, 0) is 29.0 Å². The lowest BCUT2D eigenvalue weighted by Gasteiger charge is -2.37. The predicted octanol–water partition coefficient (Wildman–Crippen LogP) is 5.42. The largest absolute Gasteiger partial charge is 0.382 e. The number of thiophene rings is 2. The predicted molar refractivity (Wildman–Crippen MR) is 135 cm³/mol. The highest BCUT2D eigenvalue weighted by Gasteiger charge is 2.39. The second-order valence-electron chi connectivity index (χ2n) is 8.93. The number of amides is 1. The lowest BCUT2D eigenvalue weighted by molar-refractivity contribution is -0.834. The fourth-order valence-electron chi connectivity index (χ4n) is 4.94. The molecule has 1 aliphatic heterocycles. The van der Waals surface area contributed by atoms with Crippen LogP contribution in [0.25, 0.3) is 26.2 Å². The summed E-state index contributed by atoms with van der Waals surface area (Å²) in [6, 6.07) is 12.5. The van der Waals surface area contributed by atoms with Crippen LogP contribution in [0.3, 0.4) is 0 Å². The number of rotatable bonds is 3. The first-order valence-electron chi connectivity index (χ1n) is 11.1. The summed E-state index contributed by atoms with van der Waals surface area (Å²) in [5.41, 5.74) is 8.94. The van der Waals surface area contributed by atoms with Crippen LogP contribution in [0.15, 0.2) is 59.6 Å². The van der Waals surface area contributed by atoms with Crippen LogP contribution in [0.2, 0.25) is 0 Å². The fourth-order valence-corrected chi connectivity index (χ4v) is 6.63. The van der Waals surface area contributed by atoms with E-state index in [-0.39, 0.29) is 11.8 Å². The number of carbonyl (C=O) groups is 1. The Balaban J connectivity index is 1.37. The number of nitrogens with two attached hydrogens (primary N) is 1. The van der Waals surface area contributed by atoms with Gasteiger partial charge < -0.3 is 5.73 Å². The van der Waals surface area contributed by atoms with Gasteiger partial charge in [0.15, 0.2) is 0 Å². The van der Waals surface area contributed by atoms with E-state index in [0.717, 1.165) is 53.4 Å². The van der Waals surface area contributed by atoms with Gasteiger partial charge in [0.05, 0.1) is 30.6 Å². The Morgan fingerprint density at radius 3 is 2.79 bits per heavy atom. The second-order valence-corrected chi connectivity index (χ2v) is 10.8. The first kappa shape index (κ1) is 20.5. The van der Waals surface area contributed by atoms with Crippen molar-refractivity contribution in [3.8, 4) is 10.6 Å². The number of piperidine rings is 1. The Morgan fingerprint density at radius 1 is 1.21 bits per heavy atom. The average Bonchev–Trinajstić information content (AvgIpc) is 3.57. The van der Waals surface area contributed by atoms with Crippen molar-refractivity contribution in [3.05, 3.63) is 70.9 Å². The van der Waals surface area contributed by atoms with Gasteiger partial charge in [-0.3, -0.25) is 8.88 Å². The van der Waals surface area contributed by atoms with Crippen LogP contribution in [0.4, 0.5) is 5.82 Å². The van der Waals surface area contributed by atoms with Gasteiger partial charge in [0.2, 0.25) is 0 Å². The number of imidazole rings is 1. The Morgan fingerprint density at radius 2 is 2.03 bits per heavy atom. The highest BCUT2D eigenvalue weighted by Crippen LogP contribution is 2.39. The number of aromatic nitrogens is 3. The number of benzene rings is 1. The van der Waals surface area contributed by atoms with E-state index < -0.39 is 0 Å². The molecule has 6 rings (SSSR count). The van der Waals surface area contributed by atoms with Crippen LogP contribution in [0.5, 0.6) is 0 Å². The van der Waals surface area contributed by atoms with E-state index in [9.17, 15) is 4.79 Å². The van der Waals surface area contributed by atoms with Crippen LogP contribution < -0.4 is 5.73 Å². The summed E-state index contributed by atoms with van der Waals surface area (Å²) in [7, 11) is 2.06. The topological polar surface area (TPSA) is 73.3 Å². The summed E-state index contributed by atoms with van der Waals surface area (Å²) in [5.74, 6) is 1.99. The maximum atomic E-state index is 13.1. The van der Waals surface area contributed by atoms with Crippen LogP contribution in [0.1, 0.15) is 34.9 Å². The van der Waals surface area contributed by atoms with Crippen molar-refractivity contribution in [2.45, 2.75) is 18.8 Å². The third kappa shape index (κ3) is 3.37. The first-order valence-corrected chi connectivity index (χ1v) is 12.8. The molecule has 0 atom stereocenters. The first-order chi connectivity index (χ1) is 16.0. The Labute approximate surface area is 199 Å². The summed E-state index contributed by atoms with van der Waals surface area (Å²) in [5, 5.41) is 5.13. The molecule has 1 aliphatic rings. The molecule has 0 saturated carbocycles. The zero-order chi connectivity index (χ0) is 22.6. The summed E-state index contributed by atoms with van der Waals surface area (Å²) in [6.45, 7) is 1.60. The standard InChI is InChI=1S/C25H24N5OS2/c1-30(25(31)18-8-13-32-15-18)11-6-16(7-12-30)24-28-21(22-23(26)27-9-10-29(22)24)20-14-17-4-2-3-5-19(17)33-20/h2-5,8-10,13-16H,6-7,11-12H2,1H3,(H2,26,27)/q+1. The van der Waals surface area contributed by atoms with Gasteiger partial charge in [0.1, 0.15) is 22.9 Å². The summed E-state index contributed by atoms with van der Waals surface area (Å²) >= 11 is 3.30. The molecule has 0 bridgehead atoms. The molecule has 4 aromatic heterocycles. The SMILES string of the molecule is C[N+]1(C(=O)c2ccsc2)CCC(c2nc(-c3cc4ccccc4s3)c3c(N)nccn23)CC1. The number of carbonyl (C=O) groups excluding carboxylic acids is 1. The van der Waals surface area contributed by atoms with Crippen molar-refractivity contribution in [2.24, 2.45) is 0 Å². The quantitative estimate of drug-likeness (QED) is 0.355. The minimum absolute atomic E-state index is 0.210. The van der Waals surface area contributed by atoms with E-state index in [1.54, 1.807) is 28.9 Å². The molecular formula is C25H24N5OS2+. The third-order valence-corrected chi connectivity index (χ3v) is 8.64. The maximum absolute atomic E-state index is 13.1. The molecule has 6 nitrogen and oxygen atoms in total. The number of hydrogen-bond acceptors (Lipinski definition) is 6. The minimum atomic E-state index is 0.210. The highest BCUT2D eigenvalue weighted by atomic mass is 32.1. The summed E-state index contributed by atoms with van der Waals surface area (Å²) in [4.78, 5) is 23.7. The van der Waals surface area contributed by atoms with Crippen molar-refractivity contribution in [1.82, 2.24) is 14.4 Å². The van der Waals surface area contributed by atoms with Gasteiger partial charge in [-0.2, -0.15) is 11.3 Å². The zero-order valence-corrected chi connectivity index (χ0v) is 19.9. The average molecular weight is 475 g/mol. The fraction of sp³-hybridized carbons (Fsp3) is 0.240. The highest BCUT2D eigenvalue weighted by molar-refractivity contribution is 7.22. The molecule has 1 aromatic carbocycles. The van der Waals surface area contributed by atoms with Crippen molar-refractivity contribution in [1.29, 1.82) is 0 Å². The van der Waals surface area contributed by atoms with Gasteiger partial charge in [-0.25, -0.2) is 14.8 Å². The molecule has 8 heteroatoms. The van der Waals surface area contributed by atoms with Gasteiger partial charge in [-0.15, -0.1) is 11.3 Å². The molecule has 0 spiro atoms. The third-order valence-electron chi connectivity index (χ3n) is 6.84. The molecule has 5 aromatic rings. The number of anilines is 1. The monoisotopic (exact) mass is 474 g/mol. The molecule has 2 N–H and O–H groups in total. The summed E-state index contributed by atoms with van der Waals surface area (Å²) in [6.07, 6.45) is 5.51. The van der Waals surface area contributed by atoms with Crippen LogP contribution in [0, 0.1) is 0 Å². The Bertz CT molecular complexity index is 1440. The lowest BCUT2D eigenvalue weighted by Crippen LogP contribution is -2.53. The van der Waals surface area contributed by atoms with Gasteiger partial charge in [0.25, 0.3) is 0 Å². The molecule has 0 unspecified atom stereocenters. The van der Waals surface area contributed by atoms with E-state index in [4.69, 9.17) is 10.7 Å². The molecule has 33 heavy (non-hydrogen) atoms. The normalized spacial score (nSPS) is 21.1. The number of quaternary nitrogens is 1. The lowest BCUT2D eigenvalue weighted by atomic mass is 9.94. The number of fused-ring (bicyclic) bond motifs is 2. The zero-order valence-electron chi connectivity index (χ0n) is 18.3. The molecule has 1 amide bonds. The van der Waals surface area contributed by atoms with Crippen LogP contribution in [-0.2, 0) is 0 Å². The number of likely N-dealkylation sites (tertiary alicyclic amines) is 1. The van der Waals surface area contributed by atoms with Crippen molar-refractivity contribution < 1.29 is 9.28 Å². The molecule has 166 valence electrons. The Hall–Kier alpha value is -3.07. The molecule has 0 aliphatic carbocycles. The van der Waals surface area contributed by atoms with Crippen LogP contribution >= 0.6 is 22.7 Å². The summed E-state index contributed by atoms with van der Waals surface area (Å²) < 4.78 is 3.79. The van der Waals surface area contributed by atoms with Gasteiger partial charge in [-0.1, -0.05) is 18.2 Å². The molecular weight excluding hydrogens is 450 g/mol. The Kier molecular flexibility index (Phi) is 4.83. The van der Waals surface area contributed by atoms with Crippen LogP contribution in [-0.4, -0.2) is 44.9 Å². The number of hydrogen-bond donors (Lipinski definition) is 1. The molecule has 0 radical (unpaired) electrons. The van der Waals surface area contributed by atoms with Gasteiger partial charge >= 0.3 is 5.91 Å². The van der Waals surface area contributed by atoms with E-state index in [0.29, 0.717) is 10.3 Å². The maximum Gasteiger partial charge on any atom is 0.346 e. The van der Waals surface area contributed by atoms with Crippen molar-refractivity contribution in [3.63, 3.8) is 0 Å². The number of nitrogens with zero attached hydrogens (tertiary/aromatic N) is 4.